The van der Waals surface area contributed by atoms with Gasteiger partial charge in [0.15, 0.2) is 17.2 Å². The summed E-state index contributed by atoms with van der Waals surface area (Å²) < 4.78 is 5.96. The zero-order valence-corrected chi connectivity index (χ0v) is 17.8. The second-order valence-corrected chi connectivity index (χ2v) is 10.2. The topological polar surface area (TPSA) is 60.4 Å². The van der Waals surface area contributed by atoms with Crippen molar-refractivity contribution >= 4 is 17.5 Å². The number of Topliss-reactive ketones (excluding diaryl/α,β-unsaturated/α-hetero) is 1. The Bertz CT molecular complexity index is 752. The highest BCUT2D eigenvalue weighted by Crippen LogP contribution is 2.68. The van der Waals surface area contributed by atoms with Crippen LogP contribution in [0.1, 0.15) is 85.5 Å². The van der Waals surface area contributed by atoms with Crippen LogP contribution >= 0.6 is 0 Å². The van der Waals surface area contributed by atoms with Crippen LogP contribution < -0.4 is 0 Å². The van der Waals surface area contributed by atoms with Gasteiger partial charge in [0.05, 0.1) is 0 Å². The second-order valence-electron chi connectivity index (χ2n) is 10.2. The largest absolute Gasteiger partial charge is 0.450 e. The summed E-state index contributed by atoms with van der Waals surface area (Å²) in [4.78, 5) is 37.1. The van der Waals surface area contributed by atoms with Gasteiger partial charge in [0.2, 0.25) is 0 Å². The van der Waals surface area contributed by atoms with Crippen molar-refractivity contribution in [3.05, 3.63) is 11.6 Å². The normalized spacial score (nSPS) is 44.8. The molecule has 0 radical (unpaired) electrons. The lowest BCUT2D eigenvalue weighted by Gasteiger charge is -2.59. The molecule has 4 rings (SSSR count). The molecule has 4 aliphatic carbocycles. The Kier molecular flexibility index (Phi) is 4.63. The summed E-state index contributed by atoms with van der Waals surface area (Å²) in [5, 5.41) is 0. The van der Waals surface area contributed by atoms with Crippen molar-refractivity contribution in [2.24, 2.45) is 28.6 Å². The molecule has 3 fully saturated rings. The SMILES string of the molecule is CCC(=O)O[C@]1(C(C)=O)CC[C@@H]2[C@@H]3CCC4=CC(=O)CC[C@]4(C)[C@@H]3CC[C@@]21C. The van der Waals surface area contributed by atoms with Gasteiger partial charge in [-0.15, -0.1) is 0 Å². The van der Waals surface area contributed by atoms with E-state index >= 15 is 0 Å². The van der Waals surface area contributed by atoms with Crippen LogP contribution in [0.2, 0.25) is 0 Å². The van der Waals surface area contributed by atoms with Gasteiger partial charge < -0.3 is 4.74 Å². The second kappa shape index (κ2) is 6.53. The highest BCUT2D eigenvalue weighted by Gasteiger charge is 2.67. The summed E-state index contributed by atoms with van der Waals surface area (Å²) in [5.74, 6) is 1.58. The summed E-state index contributed by atoms with van der Waals surface area (Å²) in [5.41, 5.74) is 0.267. The third kappa shape index (κ3) is 2.52. The number of fused-ring (bicyclic) bond motifs is 5. The number of hydrogen-bond donors (Lipinski definition) is 0. The predicted octanol–water partition coefficient (Wildman–Crippen LogP) is 4.80. The lowest BCUT2D eigenvalue weighted by molar-refractivity contribution is -0.188. The quantitative estimate of drug-likeness (QED) is 0.654. The molecule has 154 valence electrons. The van der Waals surface area contributed by atoms with Gasteiger partial charge in [-0.2, -0.15) is 0 Å². The minimum atomic E-state index is -0.949. The first-order valence-electron chi connectivity index (χ1n) is 11.1. The van der Waals surface area contributed by atoms with Crippen molar-refractivity contribution in [3.63, 3.8) is 0 Å². The Hall–Kier alpha value is -1.45. The van der Waals surface area contributed by atoms with Crippen LogP contribution in [0, 0.1) is 28.6 Å². The van der Waals surface area contributed by atoms with Crippen molar-refractivity contribution in [1.29, 1.82) is 0 Å². The van der Waals surface area contributed by atoms with Crippen molar-refractivity contribution in [1.82, 2.24) is 0 Å². The fourth-order valence-corrected chi connectivity index (χ4v) is 7.64. The molecule has 6 atom stereocenters. The molecule has 0 heterocycles. The summed E-state index contributed by atoms with van der Waals surface area (Å²) in [6.07, 6.45) is 9.56. The van der Waals surface area contributed by atoms with Crippen LogP contribution in [0.3, 0.4) is 0 Å². The maximum Gasteiger partial charge on any atom is 0.306 e. The molecule has 3 saturated carbocycles. The van der Waals surface area contributed by atoms with E-state index < -0.39 is 5.60 Å². The maximum atomic E-state index is 12.8. The lowest BCUT2D eigenvalue weighted by Crippen LogP contribution is -2.58. The van der Waals surface area contributed by atoms with E-state index in [9.17, 15) is 14.4 Å². The Morgan fingerprint density at radius 3 is 2.46 bits per heavy atom. The molecule has 0 amide bonds. The molecule has 0 unspecified atom stereocenters. The van der Waals surface area contributed by atoms with Gasteiger partial charge in [0.1, 0.15) is 0 Å². The first kappa shape index (κ1) is 19.8. The first-order valence-corrected chi connectivity index (χ1v) is 11.1. The molecule has 0 N–H and O–H groups in total. The van der Waals surface area contributed by atoms with Gasteiger partial charge >= 0.3 is 5.97 Å². The van der Waals surface area contributed by atoms with E-state index in [0.717, 1.165) is 38.5 Å². The highest BCUT2D eigenvalue weighted by molar-refractivity contribution is 5.91. The molecule has 4 nitrogen and oxygen atoms in total. The molecule has 0 saturated heterocycles. The zero-order valence-electron chi connectivity index (χ0n) is 17.8. The Balaban J connectivity index is 1.69. The number of ketones is 2. The predicted molar refractivity (Wildman–Crippen MR) is 107 cm³/mol. The van der Waals surface area contributed by atoms with Crippen LogP contribution in [-0.2, 0) is 19.1 Å². The third-order valence-corrected chi connectivity index (χ3v) is 9.23. The Morgan fingerprint density at radius 1 is 1.07 bits per heavy atom. The Morgan fingerprint density at radius 2 is 1.79 bits per heavy atom. The number of hydrogen-bond acceptors (Lipinski definition) is 4. The van der Waals surface area contributed by atoms with Crippen LogP contribution in [0.4, 0.5) is 0 Å². The fourth-order valence-electron chi connectivity index (χ4n) is 7.64. The van der Waals surface area contributed by atoms with Crippen molar-refractivity contribution in [2.45, 2.75) is 91.1 Å². The summed E-state index contributed by atoms with van der Waals surface area (Å²) >= 11 is 0. The van der Waals surface area contributed by atoms with E-state index in [2.05, 4.69) is 13.8 Å². The number of allylic oxidation sites excluding steroid dienone is 1. The molecule has 0 spiro atoms. The smallest absolute Gasteiger partial charge is 0.306 e. The molecule has 28 heavy (non-hydrogen) atoms. The highest BCUT2D eigenvalue weighted by atomic mass is 16.6. The summed E-state index contributed by atoms with van der Waals surface area (Å²) in [6.45, 7) is 7.98. The van der Waals surface area contributed by atoms with E-state index in [1.165, 1.54) is 5.57 Å². The molecule has 0 aliphatic heterocycles. The van der Waals surface area contributed by atoms with E-state index in [-0.39, 0.29) is 28.4 Å². The lowest BCUT2D eigenvalue weighted by atomic mass is 9.46. The van der Waals surface area contributed by atoms with Gasteiger partial charge in [-0.1, -0.05) is 26.3 Å². The maximum absolute atomic E-state index is 12.8. The van der Waals surface area contributed by atoms with E-state index in [1.54, 1.807) is 13.8 Å². The third-order valence-electron chi connectivity index (χ3n) is 9.23. The number of ether oxygens (including phenoxy) is 1. The van der Waals surface area contributed by atoms with Crippen LogP contribution in [0.5, 0.6) is 0 Å². The van der Waals surface area contributed by atoms with Gasteiger partial charge in [-0.25, -0.2) is 0 Å². The van der Waals surface area contributed by atoms with Gasteiger partial charge in [0, 0.05) is 18.3 Å². The van der Waals surface area contributed by atoms with Crippen LogP contribution in [0.25, 0.3) is 0 Å². The molecule has 0 aromatic rings. The van der Waals surface area contributed by atoms with Crippen molar-refractivity contribution < 1.29 is 19.1 Å². The minimum Gasteiger partial charge on any atom is -0.450 e. The number of carbonyl (C=O) groups is 3. The molecule has 0 bridgehead atoms. The summed E-state index contributed by atoms with van der Waals surface area (Å²) in [6, 6.07) is 0. The van der Waals surface area contributed by atoms with Crippen molar-refractivity contribution in [3.8, 4) is 0 Å². The standard InChI is InChI=1S/C24H34O4/c1-5-21(27)28-24(15(2)25)13-10-20-18-7-6-16-14-17(26)8-11-22(16,3)19(18)9-12-23(20,24)4/h14,18-20H,5-13H2,1-4H3/t18-,19-,20-,22+,23+,24+/m1/s1. The monoisotopic (exact) mass is 386 g/mol. The van der Waals surface area contributed by atoms with E-state index in [4.69, 9.17) is 4.74 Å². The molecular formula is C24H34O4. The van der Waals surface area contributed by atoms with Crippen molar-refractivity contribution in [2.75, 3.05) is 0 Å². The minimum absolute atomic E-state index is 0.0172. The van der Waals surface area contributed by atoms with E-state index in [0.29, 0.717) is 37.0 Å². The zero-order chi connectivity index (χ0) is 20.3. The molecule has 4 heteroatoms. The number of esters is 1. The van der Waals surface area contributed by atoms with Gasteiger partial charge in [-0.3, -0.25) is 14.4 Å². The fraction of sp³-hybridized carbons (Fsp3) is 0.792. The first-order chi connectivity index (χ1) is 13.2. The average Bonchev–Trinajstić information content (AvgIpc) is 2.95. The van der Waals surface area contributed by atoms with E-state index in [1.807, 2.05) is 6.08 Å². The molecule has 0 aromatic heterocycles. The number of carbonyl (C=O) groups excluding carboxylic acids is 3. The van der Waals surface area contributed by atoms with Crippen LogP contribution in [0.15, 0.2) is 11.6 Å². The van der Waals surface area contributed by atoms with Crippen LogP contribution in [-0.4, -0.2) is 23.1 Å². The average molecular weight is 387 g/mol. The van der Waals surface area contributed by atoms with Gasteiger partial charge in [-0.05, 0) is 81.1 Å². The molecule has 4 aliphatic rings. The molecular weight excluding hydrogens is 352 g/mol. The Labute approximate surface area is 168 Å². The molecule has 0 aromatic carbocycles. The van der Waals surface area contributed by atoms with Gasteiger partial charge in [0.25, 0.3) is 0 Å². The summed E-state index contributed by atoms with van der Waals surface area (Å²) in [7, 11) is 0. The number of rotatable bonds is 3.